The number of carbonyl (C=O) groups is 1. The van der Waals surface area contributed by atoms with E-state index in [1.165, 1.54) is 12.5 Å². The van der Waals surface area contributed by atoms with Gasteiger partial charge in [0.1, 0.15) is 12.1 Å². The van der Waals surface area contributed by atoms with Gasteiger partial charge in [-0.3, -0.25) is 9.78 Å². The fourth-order valence-corrected chi connectivity index (χ4v) is 3.51. The van der Waals surface area contributed by atoms with E-state index in [0.29, 0.717) is 41.7 Å². The molecule has 30 heavy (non-hydrogen) atoms. The zero-order valence-electron chi connectivity index (χ0n) is 15.8. The minimum atomic E-state index is -4.65. The van der Waals surface area contributed by atoms with Gasteiger partial charge in [0, 0.05) is 24.2 Å². The van der Waals surface area contributed by atoms with Gasteiger partial charge in [0.05, 0.1) is 22.6 Å². The molecule has 1 aliphatic rings. The third-order valence-electron chi connectivity index (χ3n) is 5.08. The molecule has 3 aromatic rings. The first-order valence-electron chi connectivity index (χ1n) is 9.20. The van der Waals surface area contributed by atoms with Gasteiger partial charge in [0.25, 0.3) is 5.91 Å². The molecule has 0 aliphatic carbocycles. The second-order valence-electron chi connectivity index (χ2n) is 7.01. The first-order valence-corrected chi connectivity index (χ1v) is 9.20. The molecular formula is C21H16F4N4O. The van der Waals surface area contributed by atoms with Crippen LogP contribution < -0.4 is 5.32 Å². The van der Waals surface area contributed by atoms with Crippen molar-refractivity contribution in [3.63, 3.8) is 0 Å². The summed E-state index contributed by atoms with van der Waals surface area (Å²) in [6.45, 7) is 2.12. The van der Waals surface area contributed by atoms with Crippen molar-refractivity contribution in [1.82, 2.24) is 20.3 Å². The molecule has 0 saturated carbocycles. The zero-order chi connectivity index (χ0) is 21.5. The van der Waals surface area contributed by atoms with Gasteiger partial charge in [-0.25, -0.2) is 14.4 Å². The van der Waals surface area contributed by atoms with Gasteiger partial charge in [-0.2, -0.15) is 13.2 Å². The molecular weight excluding hydrogens is 400 g/mol. The van der Waals surface area contributed by atoms with Crippen LogP contribution in [0.1, 0.15) is 45.6 Å². The Bertz CT molecular complexity index is 1130. The molecule has 9 heteroatoms. The minimum Gasteiger partial charge on any atom is -0.352 e. The molecule has 3 heterocycles. The summed E-state index contributed by atoms with van der Waals surface area (Å²) >= 11 is 0. The summed E-state index contributed by atoms with van der Waals surface area (Å²) < 4.78 is 53.0. The number of carbonyl (C=O) groups excluding carboxylic acids is 1. The number of benzene rings is 1. The van der Waals surface area contributed by atoms with Gasteiger partial charge >= 0.3 is 6.18 Å². The summed E-state index contributed by atoms with van der Waals surface area (Å²) in [4.78, 5) is 24.8. The summed E-state index contributed by atoms with van der Waals surface area (Å²) in [5.74, 6) is -1.78. The van der Waals surface area contributed by atoms with Gasteiger partial charge in [0.15, 0.2) is 0 Å². The minimum absolute atomic E-state index is 0.148. The maximum absolute atomic E-state index is 13.8. The molecule has 1 atom stereocenters. The van der Waals surface area contributed by atoms with Crippen molar-refractivity contribution >= 4 is 5.91 Å². The van der Waals surface area contributed by atoms with Crippen molar-refractivity contribution in [3.8, 4) is 11.4 Å². The van der Waals surface area contributed by atoms with Crippen LogP contribution in [0.3, 0.4) is 0 Å². The molecule has 4 rings (SSSR count). The predicted octanol–water partition coefficient (Wildman–Crippen LogP) is 4.13. The number of hydrogen-bond acceptors (Lipinski definition) is 4. The third-order valence-corrected chi connectivity index (χ3v) is 5.08. The monoisotopic (exact) mass is 416 g/mol. The highest BCUT2D eigenvalue weighted by Gasteiger charge is 2.32. The lowest BCUT2D eigenvalue weighted by Crippen LogP contribution is -2.32. The van der Waals surface area contributed by atoms with E-state index in [4.69, 9.17) is 0 Å². The average molecular weight is 416 g/mol. The van der Waals surface area contributed by atoms with Crippen LogP contribution in [0.2, 0.25) is 0 Å². The fourth-order valence-electron chi connectivity index (χ4n) is 3.51. The van der Waals surface area contributed by atoms with Crippen LogP contribution in [0.15, 0.2) is 42.9 Å². The molecule has 154 valence electrons. The van der Waals surface area contributed by atoms with E-state index in [9.17, 15) is 22.4 Å². The number of hydrogen-bond donors (Lipinski definition) is 1. The average Bonchev–Trinajstić information content (AvgIpc) is 2.72. The van der Waals surface area contributed by atoms with Crippen LogP contribution in [-0.2, 0) is 12.6 Å². The van der Waals surface area contributed by atoms with Crippen molar-refractivity contribution in [2.75, 3.05) is 6.54 Å². The van der Waals surface area contributed by atoms with E-state index in [2.05, 4.69) is 20.3 Å². The van der Waals surface area contributed by atoms with Gasteiger partial charge in [-0.1, -0.05) is 6.92 Å². The van der Waals surface area contributed by atoms with Crippen LogP contribution in [0, 0.1) is 5.82 Å². The SMILES string of the molecule is C[C@H](c1cc(F)cc(C(F)(F)F)c1)c1cc(-c2nccc3c2CCNC3=O)ncn1. The Morgan fingerprint density at radius 1 is 1.10 bits per heavy atom. The van der Waals surface area contributed by atoms with Gasteiger partial charge in [0.2, 0.25) is 0 Å². The third kappa shape index (κ3) is 3.74. The number of rotatable bonds is 3. The Hall–Kier alpha value is -3.36. The van der Waals surface area contributed by atoms with Crippen LogP contribution in [0.4, 0.5) is 17.6 Å². The maximum atomic E-state index is 13.8. The van der Waals surface area contributed by atoms with Crippen LogP contribution in [-0.4, -0.2) is 27.4 Å². The van der Waals surface area contributed by atoms with E-state index >= 15 is 0 Å². The zero-order valence-corrected chi connectivity index (χ0v) is 15.8. The molecule has 1 aliphatic heterocycles. The number of nitrogens with zero attached hydrogens (tertiary/aromatic N) is 3. The lowest BCUT2D eigenvalue weighted by Gasteiger charge is -2.19. The molecule has 1 amide bonds. The molecule has 0 fully saturated rings. The van der Waals surface area contributed by atoms with Crippen molar-refractivity contribution < 1.29 is 22.4 Å². The number of nitrogens with one attached hydrogen (secondary N) is 1. The fraction of sp³-hybridized carbons (Fsp3) is 0.238. The number of halogens is 4. The first kappa shape index (κ1) is 19.9. The van der Waals surface area contributed by atoms with E-state index < -0.39 is 23.5 Å². The van der Waals surface area contributed by atoms with E-state index in [-0.39, 0.29) is 11.5 Å². The standard InChI is InChI=1S/C21H16F4N4O/c1-11(12-6-13(21(23,24)25)8-14(22)7-12)17-9-18(29-10-28-17)19-15-2-5-27-20(30)16(15)3-4-26-19/h3-4,6-11H,2,5H2,1H3,(H,27,30)/t11-/m1/s1. The molecule has 0 spiro atoms. The second kappa shape index (κ2) is 7.47. The van der Waals surface area contributed by atoms with Crippen molar-refractivity contribution in [2.24, 2.45) is 0 Å². The summed E-state index contributed by atoms with van der Waals surface area (Å²) in [6.07, 6.45) is -1.28. The highest BCUT2D eigenvalue weighted by atomic mass is 19.4. The van der Waals surface area contributed by atoms with Gasteiger partial charge < -0.3 is 5.32 Å². The smallest absolute Gasteiger partial charge is 0.352 e. The molecule has 0 bridgehead atoms. The largest absolute Gasteiger partial charge is 0.416 e. The summed E-state index contributed by atoms with van der Waals surface area (Å²) in [7, 11) is 0. The van der Waals surface area contributed by atoms with Crippen LogP contribution >= 0.6 is 0 Å². The molecule has 2 aromatic heterocycles. The Kier molecular flexibility index (Phi) is 4.97. The number of fused-ring (bicyclic) bond motifs is 1. The Labute approximate surface area is 169 Å². The highest BCUT2D eigenvalue weighted by molar-refractivity contribution is 5.98. The lowest BCUT2D eigenvalue weighted by molar-refractivity contribution is -0.137. The Morgan fingerprint density at radius 3 is 2.67 bits per heavy atom. The predicted molar refractivity (Wildman–Crippen MR) is 100 cm³/mol. The topological polar surface area (TPSA) is 67.8 Å². The summed E-state index contributed by atoms with van der Waals surface area (Å²) in [6, 6.07) is 5.69. The molecule has 1 N–H and O–H groups in total. The second-order valence-corrected chi connectivity index (χ2v) is 7.01. The molecule has 0 saturated heterocycles. The van der Waals surface area contributed by atoms with Crippen LogP contribution in [0.5, 0.6) is 0 Å². The highest BCUT2D eigenvalue weighted by Crippen LogP contribution is 2.34. The number of pyridine rings is 1. The molecule has 1 aromatic carbocycles. The van der Waals surface area contributed by atoms with Crippen molar-refractivity contribution in [2.45, 2.75) is 25.4 Å². The molecule has 5 nitrogen and oxygen atoms in total. The van der Waals surface area contributed by atoms with Gasteiger partial charge in [-0.15, -0.1) is 0 Å². The number of amides is 1. The molecule has 0 radical (unpaired) electrons. The Morgan fingerprint density at radius 2 is 1.90 bits per heavy atom. The molecule has 0 unspecified atom stereocenters. The normalized spacial score (nSPS) is 14.8. The number of aromatic nitrogens is 3. The van der Waals surface area contributed by atoms with E-state index in [1.54, 1.807) is 19.1 Å². The van der Waals surface area contributed by atoms with Crippen LogP contribution in [0.25, 0.3) is 11.4 Å². The van der Waals surface area contributed by atoms with Gasteiger partial charge in [-0.05, 0) is 47.9 Å². The Balaban J connectivity index is 1.74. The van der Waals surface area contributed by atoms with Crippen molar-refractivity contribution in [3.05, 3.63) is 76.6 Å². The maximum Gasteiger partial charge on any atom is 0.416 e. The summed E-state index contributed by atoms with van der Waals surface area (Å²) in [5.41, 5.74) is 1.75. The quantitative estimate of drug-likeness (QED) is 0.652. The first-order chi connectivity index (χ1) is 14.2. The van der Waals surface area contributed by atoms with E-state index in [1.807, 2.05) is 0 Å². The van der Waals surface area contributed by atoms with Crippen molar-refractivity contribution in [1.29, 1.82) is 0 Å². The summed E-state index contributed by atoms with van der Waals surface area (Å²) in [5, 5.41) is 2.76. The lowest BCUT2D eigenvalue weighted by atomic mass is 9.93. The number of alkyl halides is 3. The van der Waals surface area contributed by atoms with E-state index in [0.717, 1.165) is 17.7 Å².